The average Bonchev–Trinajstić information content (AvgIpc) is 4.00. The summed E-state index contributed by atoms with van der Waals surface area (Å²) >= 11 is 0. The van der Waals surface area contributed by atoms with Crippen LogP contribution in [0.3, 0.4) is 0 Å². The van der Waals surface area contributed by atoms with Crippen LogP contribution in [0.4, 0.5) is 17.1 Å². The molecule has 0 spiro atoms. The molecule has 0 unspecified atom stereocenters. The Kier molecular flexibility index (Phi) is 8.56. The van der Waals surface area contributed by atoms with Gasteiger partial charge in [0, 0.05) is 55.3 Å². The van der Waals surface area contributed by atoms with Crippen LogP contribution in [-0.2, 0) is 5.41 Å². The summed E-state index contributed by atoms with van der Waals surface area (Å²) in [7, 11) is 0. The molecule has 12 aromatic rings. The summed E-state index contributed by atoms with van der Waals surface area (Å²) in [6.45, 7) is 4.77. The van der Waals surface area contributed by atoms with Crippen molar-refractivity contribution in [1.82, 2.24) is 4.57 Å². The minimum absolute atomic E-state index is 0.234. The van der Waals surface area contributed by atoms with Crippen molar-refractivity contribution in [1.29, 1.82) is 0 Å². The number of hydrogen-bond acceptors (Lipinski definition) is 2. The van der Waals surface area contributed by atoms with Gasteiger partial charge < -0.3 is 13.9 Å². The molecule has 13 rings (SSSR count). The van der Waals surface area contributed by atoms with Gasteiger partial charge in [-0.3, -0.25) is 0 Å². The molecule has 66 heavy (non-hydrogen) atoms. The molecule has 0 saturated carbocycles. The first-order valence-corrected chi connectivity index (χ1v) is 22.8. The Morgan fingerprint density at radius 3 is 1.68 bits per heavy atom. The fourth-order valence-electron chi connectivity index (χ4n) is 10.7. The van der Waals surface area contributed by atoms with Gasteiger partial charge in [-0.15, -0.1) is 0 Å². The zero-order valence-corrected chi connectivity index (χ0v) is 36.7. The summed E-state index contributed by atoms with van der Waals surface area (Å²) in [5, 5.41) is 4.79. The lowest BCUT2D eigenvalue weighted by Gasteiger charge is -2.28. The predicted molar refractivity (Wildman–Crippen MR) is 277 cm³/mol. The first-order chi connectivity index (χ1) is 32.5. The molecule has 1 aliphatic carbocycles. The number of fused-ring (bicyclic) bond motifs is 9. The molecule has 0 N–H and O–H groups in total. The fraction of sp³-hybridized carbons (Fsp3) is 0.0476. The molecular weight excluding hydrogens is 801 g/mol. The second-order valence-electron chi connectivity index (χ2n) is 18.1. The summed E-state index contributed by atoms with van der Waals surface area (Å²) in [6.07, 6.45) is 0. The van der Waals surface area contributed by atoms with Crippen molar-refractivity contribution in [3.63, 3.8) is 0 Å². The van der Waals surface area contributed by atoms with Crippen molar-refractivity contribution in [2.24, 2.45) is 0 Å². The standard InChI is InChI=1S/C63H44N2O/c1-63(2)57-39-45(44-29-37-60-56(38-44)53-18-9-11-22-59(53)65(60)46-16-7-4-8-17-46)28-35-51(57)52-36-34-49(40-58(52)63)64(47-30-24-42(25-31-47)41-14-5-3-6-15-41)48-32-26-43(27-33-48)50-20-13-21-55-54-19-10-12-23-61(54)66-62(50)55/h3-40H,1-2H3. The Morgan fingerprint density at radius 2 is 0.909 bits per heavy atom. The second kappa shape index (κ2) is 14.8. The third-order valence-corrected chi connectivity index (χ3v) is 14.0. The average molecular weight is 845 g/mol. The van der Waals surface area contributed by atoms with Crippen LogP contribution >= 0.6 is 0 Å². The number of nitrogens with zero attached hydrogens (tertiary/aromatic N) is 2. The lowest BCUT2D eigenvalue weighted by atomic mass is 9.81. The van der Waals surface area contributed by atoms with Crippen LogP contribution in [0, 0.1) is 0 Å². The summed E-state index contributed by atoms with van der Waals surface area (Å²) in [6, 6.07) is 83.8. The molecule has 2 heterocycles. The van der Waals surface area contributed by atoms with Crippen molar-refractivity contribution in [3.8, 4) is 50.2 Å². The Hall–Kier alpha value is -8.40. The molecule has 0 radical (unpaired) electrons. The Bertz CT molecular complexity index is 3820. The van der Waals surface area contributed by atoms with Crippen molar-refractivity contribution in [3.05, 3.63) is 242 Å². The van der Waals surface area contributed by atoms with Gasteiger partial charge in [-0.1, -0.05) is 166 Å². The van der Waals surface area contributed by atoms with Gasteiger partial charge in [0.2, 0.25) is 0 Å². The molecule has 312 valence electrons. The number of para-hydroxylation sites is 4. The van der Waals surface area contributed by atoms with Crippen LogP contribution in [0.2, 0.25) is 0 Å². The normalized spacial score (nSPS) is 12.8. The van der Waals surface area contributed by atoms with Gasteiger partial charge in [0.1, 0.15) is 11.2 Å². The number of benzene rings is 10. The van der Waals surface area contributed by atoms with E-state index in [1.807, 2.05) is 12.1 Å². The van der Waals surface area contributed by atoms with Crippen LogP contribution in [0.1, 0.15) is 25.0 Å². The predicted octanol–water partition coefficient (Wildman–Crippen LogP) is 17.5. The molecule has 0 saturated heterocycles. The molecule has 1 aliphatic rings. The van der Waals surface area contributed by atoms with Crippen LogP contribution in [0.25, 0.3) is 93.9 Å². The van der Waals surface area contributed by atoms with Crippen molar-refractivity contribution in [2.45, 2.75) is 19.3 Å². The molecule has 0 atom stereocenters. The SMILES string of the molecule is CC1(C)c2cc(-c3ccc4c(c3)c3ccccc3n4-c3ccccc3)ccc2-c2ccc(N(c3ccc(-c4ccccc4)cc3)c3ccc(-c4cccc5c4oc4ccccc45)cc3)cc21. The van der Waals surface area contributed by atoms with E-state index in [1.165, 1.54) is 72.0 Å². The van der Waals surface area contributed by atoms with Crippen LogP contribution in [-0.4, -0.2) is 4.57 Å². The maximum atomic E-state index is 6.46. The number of aromatic nitrogens is 1. The highest BCUT2D eigenvalue weighted by Gasteiger charge is 2.36. The Balaban J connectivity index is 0.890. The van der Waals surface area contributed by atoms with Crippen LogP contribution in [0.15, 0.2) is 235 Å². The Labute approximate surface area is 384 Å². The summed E-state index contributed by atoms with van der Waals surface area (Å²) in [4.78, 5) is 2.40. The molecule has 0 amide bonds. The van der Waals surface area contributed by atoms with Gasteiger partial charge in [0.15, 0.2) is 0 Å². The zero-order chi connectivity index (χ0) is 43.9. The van der Waals surface area contributed by atoms with Gasteiger partial charge in [-0.25, -0.2) is 0 Å². The number of rotatable bonds is 7. The maximum Gasteiger partial charge on any atom is 0.143 e. The van der Waals surface area contributed by atoms with Gasteiger partial charge in [-0.05, 0) is 129 Å². The summed E-state index contributed by atoms with van der Waals surface area (Å²) in [5.41, 5.74) is 20.8. The lowest BCUT2D eigenvalue weighted by molar-refractivity contribution is 0.660. The van der Waals surface area contributed by atoms with E-state index in [1.54, 1.807) is 0 Å². The van der Waals surface area contributed by atoms with Gasteiger partial charge in [0.05, 0.1) is 11.0 Å². The highest BCUT2D eigenvalue weighted by molar-refractivity contribution is 6.11. The van der Waals surface area contributed by atoms with E-state index < -0.39 is 0 Å². The third-order valence-electron chi connectivity index (χ3n) is 14.0. The smallest absolute Gasteiger partial charge is 0.143 e. The number of anilines is 3. The van der Waals surface area contributed by atoms with E-state index in [0.29, 0.717) is 0 Å². The molecular formula is C63H44N2O. The van der Waals surface area contributed by atoms with E-state index in [0.717, 1.165) is 50.1 Å². The molecule has 3 nitrogen and oxygen atoms in total. The van der Waals surface area contributed by atoms with Crippen LogP contribution < -0.4 is 4.90 Å². The summed E-state index contributed by atoms with van der Waals surface area (Å²) in [5.74, 6) is 0. The second-order valence-corrected chi connectivity index (χ2v) is 18.1. The van der Waals surface area contributed by atoms with Gasteiger partial charge in [0.25, 0.3) is 0 Å². The van der Waals surface area contributed by atoms with E-state index in [9.17, 15) is 0 Å². The lowest BCUT2D eigenvalue weighted by Crippen LogP contribution is -2.16. The fourth-order valence-corrected chi connectivity index (χ4v) is 10.7. The van der Waals surface area contributed by atoms with Gasteiger partial charge in [-0.2, -0.15) is 0 Å². The number of furan rings is 1. The Morgan fingerprint density at radius 1 is 0.364 bits per heavy atom. The third kappa shape index (κ3) is 5.97. The van der Waals surface area contributed by atoms with Crippen molar-refractivity contribution < 1.29 is 4.42 Å². The monoisotopic (exact) mass is 844 g/mol. The highest BCUT2D eigenvalue weighted by Crippen LogP contribution is 2.52. The first-order valence-electron chi connectivity index (χ1n) is 22.8. The maximum absolute atomic E-state index is 6.46. The van der Waals surface area contributed by atoms with E-state index in [2.05, 4.69) is 242 Å². The first kappa shape index (κ1) is 38.1. The molecule has 0 fully saturated rings. The van der Waals surface area contributed by atoms with E-state index in [-0.39, 0.29) is 5.41 Å². The quantitative estimate of drug-likeness (QED) is 0.159. The topological polar surface area (TPSA) is 21.3 Å². The molecule has 2 aromatic heterocycles. The molecule has 3 heteroatoms. The molecule has 10 aromatic carbocycles. The minimum atomic E-state index is -0.234. The van der Waals surface area contributed by atoms with E-state index >= 15 is 0 Å². The van der Waals surface area contributed by atoms with Crippen molar-refractivity contribution in [2.75, 3.05) is 4.90 Å². The zero-order valence-electron chi connectivity index (χ0n) is 36.7. The molecule has 0 aliphatic heterocycles. The molecule has 0 bridgehead atoms. The summed E-state index contributed by atoms with van der Waals surface area (Å²) < 4.78 is 8.84. The highest BCUT2D eigenvalue weighted by atomic mass is 16.3. The van der Waals surface area contributed by atoms with Gasteiger partial charge >= 0.3 is 0 Å². The van der Waals surface area contributed by atoms with Crippen molar-refractivity contribution >= 4 is 60.8 Å². The largest absolute Gasteiger partial charge is 0.455 e. The van der Waals surface area contributed by atoms with Crippen LogP contribution in [0.5, 0.6) is 0 Å². The van der Waals surface area contributed by atoms with E-state index in [4.69, 9.17) is 4.42 Å². The minimum Gasteiger partial charge on any atom is -0.455 e. The number of hydrogen-bond donors (Lipinski definition) is 0.